The molecule has 0 aliphatic carbocycles. The summed E-state index contributed by atoms with van der Waals surface area (Å²) in [6.07, 6.45) is 4.51. The molecule has 2 aromatic rings. The largest absolute Gasteiger partial charge is 0.408 e. The second-order valence-corrected chi connectivity index (χ2v) is 5.26. The average molecular weight is 287 g/mol. The second-order valence-electron chi connectivity index (χ2n) is 5.26. The van der Waals surface area contributed by atoms with Gasteiger partial charge in [-0.3, -0.25) is 0 Å². The van der Waals surface area contributed by atoms with Gasteiger partial charge in [0.25, 0.3) is 0 Å². The Balaban J connectivity index is 1.63. The Morgan fingerprint density at radius 1 is 1.10 bits per heavy atom. The number of piperidine rings is 1. The molecule has 21 heavy (non-hydrogen) atoms. The van der Waals surface area contributed by atoms with Crippen molar-refractivity contribution in [2.75, 3.05) is 29.9 Å². The highest BCUT2D eigenvalue weighted by molar-refractivity contribution is 5.58. The molecule has 6 heteroatoms. The van der Waals surface area contributed by atoms with Crippen molar-refractivity contribution in [3.05, 3.63) is 30.2 Å². The van der Waals surface area contributed by atoms with Crippen LogP contribution >= 0.6 is 0 Å². The minimum Gasteiger partial charge on any atom is -0.408 e. The Labute approximate surface area is 124 Å². The third-order valence-corrected chi connectivity index (χ3v) is 3.66. The maximum absolute atomic E-state index is 5.46. The zero-order chi connectivity index (χ0) is 14.5. The van der Waals surface area contributed by atoms with Crippen molar-refractivity contribution < 1.29 is 4.42 Å². The van der Waals surface area contributed by atoms with E-state index in [-0.39, 0.29) is 0 Å². The molecule has 1 aromatic heterocycles. The summed E-state index contributed by atoms with van der Waals surface area (Å²) in [6.45, 7) is 2.81. The highest BCUT2D eigenvalue weighted by Gasteiger charge is 2.11. The molecule has 0 spiro atoms. The van der Waals surface area contributed by atoms with Crippen molar-refractivity contribution in [3.8, 4) is 0 Å². The van der Waals surface area contributed by atoms with Crippen LogP contribution in [0, 0.1) is 0 Å². The topological polar surface area (TPSA) is 80.2 Å². The average Bonchev–Trinajstić information content (AvgIpc) is 2.97. The Hall–Kier alpha value is -2.08. The molecular weight excluding hydrogens is 266 g/mol. The molecule has 0 saturated carbocycles. The third-order valence-electron chi connectivity index (χ3n) is 3.66. The summed E-state index contributed by atoms with van der Waals surface area (Å²) in [5.74, 6) is 0.560. The fraction of sp³-hybridized carbons (Fsp3) is 0.467. The highest BCUT2D eigenvalue weighted by atomic mass is 16.4. The summed E-state index contributed by atoms with van der Waals surface area (Å²) in [6, 6.07) is 8.74. The molecule has 6 nitrogen and oxygen atoms in total. The minimum atomic E-state index is 0.407. The van der Waals surface area contributed by atoms with E-state index in [4.69, 9.17) is 10.2 Å². The predicted molar refractivity (Wildman–Crippen MR) is 82.8 cm³/mol. The lowest BCUT2D eigenvalue weighted by Crippen LogP contribution is -2.29. The maximum Gasteiger partial charge on any atom is 0.320 e. The second kappa shape index (κ2) is 6.58. The summed E-state index contributed by atoms with van der Waals surface area (Å²) >= 11 is 0. The lowest BCUT2D eigenvalue weighted by Gasteiger charge is -2.28. The number of rotatable bonds is 5. The van der Waals surface area contributed by atoms with Crippen LogP contribution in [0.5, 0.6) is 0 Å². The van der Waals surface area contributed by atoms with Gasteiger partial charge in [-0.15, -0.1) is 5.10 Å². The molecule has 1 aliphatic heterocycles. The summed E-state index contributed by atoms with van der Waals surface area (Å²) in [5.41, 5.74) is 7.67. The van der Waals surface area contributed by atoms with Crippen LogP contribution in [-0.2, 0) is 6.42 Å². The van der Waals surface area contributed by atoms with Gasteiger partial charge in [-0.2, -0.15) is 0 Å². The first-order valence-electron chi connectivity index (χ1n) is 7.49. The van der Waals surface area contributed by atoms with E-state index in [1.54, 1.807) is 0 Å². The number of nitrogens with zero attached hydrogens (tertiary/aromatic N) is 3. The summed E-state index contributed by atoms with van der Waals surface area (Å²) < 4.78 is 5.45. The maximum atomic E-state index is 5.46. The lowest BCUT2D eigenvalue weighted by atomic mass is 10.1. The van der Waals surface area contributed by atoms with Crippen LogP contribution in [0.2, 0.25) is 0 Å². The molecule has 0 unspecified atom stereocenters. The van der Waals surface area contributed by atoms with E-state index in [0.29, 0.717) is 24.9 Å². The zero-order valence-corrected chi connectivity index (χ0v) is 12.1. The van der Waals surface area contributed by atoms with Crippen LogP contribution in [0.25, 0.3) is 0 Å². The van der Waals surface area contributed by atoms with Gasteiger partial charge < -0.3 is 20.4 Å². The molecule has 1 aliphatic rings. The highest BCUT2D eigenvalue weighted by Crippen LogP contribution is 2.23. The predicted octanol–water partition coefficient (Wildman–Crippen LogP) is 2.30. The van der Waals surface area contributed by atoms with Crippen molar-refractivity contribution in [3.63, 3.8) is 0 Å². The Bertz CT molecular complexity index is 560. The van der Waals surface area contributed by atoms with E-state index in [1.165, 1.54) is 24.9 Å². The van der Waals surface area contributed by atoms with Crippen LogP contribution in [0.15, 0.2) is 28.7 Å². The smallest absolute Gasteiger partial charge is 0.320 e. The number of hydrogen-bond acceptors (Lipinski definition) is 6. The molecule has 0 atom stereocenters. The van der Waals surface area contributed by atoms with Gasteiger partial charge >= 0.3 is 6.01 Å². The van der Waals surface area contributed by atoms with E-state index in [2.05, 4.69) is 32.5 Å². The zero-order valence-electron chi connectivity index (χ0n) is 12.1. The Morgan fingerprint density at radius 2 is 1.86 bits per heavy atom. The lowest BCUT2D eigenvalue weighted by molar-refractivity contribution is 0.510. The molecule has 1 aromatic carbocycles. The minimum absolute atomic E-state index is 0.407. The van der Waals surface area contributed by atoms with Crippen molar-refractivity contribution >= 4 is 17.4 Å². The van der Waals surface area contributed by atoms with E-state index in [0.717, 1.165) is 18.8 Å². The van der Waals surface area contributed by atoms with Gasteiger partial charge in [0.2, 0.25) is 5.89 Å². The monoisotopic (exact) mass is 287 g/mol. The number of anilines is 3. The molecule has 1 fully saturated rings. The van der Waals surface area contributed by atoms with E-state index in [9.17, 15) is 0 Å². The molecule has 1 saturated heterocycles. The van der Waals surface area contributed by atoms with Gasteiger partial charge in [-0.25, -0.2) is 0 Å². The number of aromatic nitrogens is 2. The molecule has 2 heterocycles. The van der Waals surface area contributed by atoms with Crippen LogP contribution in [0.1, 0.15) is 25.2 Å². The molecule has 112 valence electrons. The first-order chi connectivity index (χ1) is 10.3. The van der Waals surface area contributed by atoms with Crippen molar-refractivity contribution in [2.24, 2.45) is 5.73 Å². The van der Waals surface area contributed by atoms with Gasteiger partial charge in [0, 0.05) is 37.4 Å². The molecule has 3 rings (SSSR count). The van der Waals surface area contributed by atoms with Gasteiger partial charge in [-0.05, 0) is 43.5 Å². The van der Waals surface area contributed by atoms with Crippen molar-refractivity contribution in [1.29, 1.82) is 0 Å². The normalized spacial score (nSPS) is 15.2. The van der Waals surface area contributed by atoms with Gasteiger partial charge in [-0.1, -0.05) is 5.10 Å². The van der Waals surface area contributed by atoms with E-state index < -0.39 is 0 Å². The van der Waals surface area contributed by atoms with Crippen molar-refractivity contribution in [2.45, 2.75) is 25.7 Å². The fourth-order valence-corrected chi connectivity index (χ4v) is 2.56. The van der Waals surface area contributed by atoms with Gasteiger partial charge in [0.15, 0.2) is 0 Å². The molecule has 0 radical (unpaired) electrons. The van der Waals surface area contributed by atoms with Crippen LogP contribution in [0.3, 0.4) is 0 Å². The number of benzene rings is 1. The van der Waals surface area contributed by atoms with Crippen molar-refractivity contribution in [1.82, 2.24) is 10.2 Å². The quantitative estimate of drug-likeness (QED) is 0.878. The summed E-state index contributed by atoms with van der Waals surface area (Å²) in [5, 5.41) is 11.0. The van der Waals surface area contributed by atoms with E-state index >= 15 is 0 Å². The SMILES string of the molecule is NCCc1nnc(Nc2ccc(N3CCCCC3)cc2)o1. The third kappa shape index (κ3) is 3.52. The van der Waals surface area contributed by atoms with Gasteiger partial charge in [0.1, 0.15) is 0 Å². The summed E-state index contributed by atoms with van der Waals surface area (Å²) in [7, 11) is 0. The fourth-order valence-electron chi connectivity index (χ4n) is 2.56. The van der Waals surface area contributed by atoms with E-state index in [1.807, 2.05) is 12.1 Å². The molecule has 3 N–H and O–H groups in total. The number of nitrogens with one attached hydrogen (secondary N) is 1. The van der Waals surface area contributed by atoms with Gasteiger partial charge in [0.05, 0.1) is 0 Å². The molecule has 0 bridgehead atoms. The van der Waals surface area contributed by atoms with Crippen LogP contribution in [-0.4, -0.2) is 29.8 Å². The summed E-state index contributed by atoms with van der Waals surface area (Å²) in [4.78, 5) is 2.43. The first-order valence-corrected chi connectivity index (χ1v) is 7.49. The standard InChI is InChI=1S/C15H21N5O/c16-9-8-14-18-19-15(21-14)17-12-4-6-13(7-5-12)20-10-2-1-3-11-20/h4-7H,1-3,8-11,16H2,(H,17,19). The van der Waals surface area contributed by atoms with Crippen LogP contribution < -0.4 is 16.0 Å². The Kier molecular flexibility index (Phi) is 4.35. The molecule has 0 amide bonds. The number of nitrogens with two attached hydrogens (primary N) is 1. The molecular formula is C15H21N5O. The van der Waals surface area contributed by atoms with Crippen LogP contribution in [0.4, 0.5) is 17.4 Å². The number of hydrogen-bond donors (Lipinski definition) is 2. The Morgan fingerprint density at radius 3 is 2.57 bits per heavy atom. The first kappa shape index (κ1) is 13.9.